The number of nitrogens with zero attached hydrogens (tertiary/aromatic N) is 2. The summed E-state index contributed by atoms with van der Waals surface area (Å²) in [5.74, 6) is -1.34. The van der Waals surface area contributed by atoms with Crippen molar-refractivity contribution < 1.29 is 33.0 Å². The molecule has 8 nitrogen and oxygen atoms in total. The van der Waals surface area contributed by atoms with E-state index in [0.717, 1.165) is 36.6 Å². The van der Waals surface area contributed by atoms with Crippen LogP contribution in [0.5, 0.6) is 0 Å². The highest BCUT2D eigenvalue weighted by Crippen LogP contribution is 2.39. The van der Waals surface area contributed by atoms with Crippen LogP contribution in [0.25, 0.3) is 0 Å². The van der Waals surface area contributed by atoms with Crippen LogP contribution in [0.1, 0.15) is 47.2 Å². The Morgan fingerprint density at radius 2 is 1.89 bits per heavy atom. The van der Waals surface area contributed by atoms with E-state index in [-0.39, 0.29) is 11.6 Å². The van der Waals surface area contributed by atoms with Gasteiger partial charge in [-0.25, -0.2) is 0 Å². The summed E-state index contributed by atoms with van der Waals surface area (Å²) in [7, 11) is 0. The number of amides is 2. The molecular formula is C25H29F3N4O4. The minimum atomic E-state index is -4.58. The van der Waals surface area contributed by atoms with Crippen LogP contribution in [-0.2, 0) is 16.6 Å². The van der Waals surface area contributed by atoms with E-state index in [1.54, 1.807) is 18.5 Å². The van der Waals surface area contributed by atoms with E-state index in [0.29, 0.717) is 25.9 Å². The lowest BCUT2D eigenvalue weighted by Crippen LogP contribution is -2.47. The molecule has 2 atom stereocenters. The third kappa shape index (κ3) is 6.03. The summed E-state index contributed by atoms with van der Waals surface area (Å²) in [4.78, 5) is 30.7. The summed E-state index contributed by atoms with van der Waals surface area (Å²) in [6, 6.07) is 7.23. The summed E-state index contributed by atoms with van der Waals surface area (Å²) in [6.07, 6.45) is 0.550. The summed E-state index contributed by atoms with van der Waals surface area (Å²) in [5, 5.41) is 26.5. The highest BCUT2D eigenvalue weighted by Gasteiger charge is 2.41. The average molecular weight is 507 g/mol. The highest BCUT2D eigenvalue weighted by atomic mass is 19.4. The molecule has 1 saturated carbocycles. The van der Waals surface area contributed by atoms with Crippen molar-refractivity contribution in [1.29, 1.82) is 0 Å². The van der Waals surface area contributed by atoms with Crippen molar-refractivity contribution in [2.24, 2.45) is 0 Å². The Morgan fingerprint density at radius 1 is 1.14 bits per heavy atom. The molecule has 0 spiro atoms. The molecule has 1 aliphatic heterocycles. The Hall–Kier alpha value is -3.02. The zero-order chi connectivity index (χ0) is 25.9. The van der Waals surface area contributed by atoms with Gasteiger partial charge in [-0.05, 0) is 49.9 Å². The summed E-state index contributed by atoms with van der Waals surface area (Å²) in [5.41, 5.74) is -1.28. The number of benzene rings is 1. The van der Waals surface area contributed by atoms with Crippen LogP contribution in [0, 0.1) is 0 Å². The minimum absolute atomic E-state index is 0.152. The van der Waals surface area contributed by atoms with Gasteiger partial charge < -0.3 is 20.8 Å². The Balaban J connectivity index is 1.25. The Labute approximate surface area is 206 Å². The number of carbonyl (C=O) groups excluding carboxylic acids is 2. The number of aliphatic hydroxyl groups is 2. The van der Waals surface area contributed by atoms with E-state index in [9.17, 15) is 33.0 Å². The smallest absolute Gasteiger partial charge is 0.390 e. The van der Waals surface area contributed by atoms with Crippen molar-refractivity contribution in [3.63, 3.8) is 0 Å². The Bertz CT molecular complexity index is 1070. The zero-order valence-electron chi connectivity index (χ0n) is 19.5. The van der Waals surface area contributed by atoms with Crippen molar-refractivity contribution in [1.82, 2.24) is 20.5 Å². The lowest BCUT2D eigenvalue weighted by Gasteiger charge is -2.39. The van der Waals surface area contributed by atoms with Crippen LogP contribution in [-0.4, -0.2) is 69.7 Å². The molecule has 194 valence electrons. The number of carbonyl (C=O) groups is 2. The van der Waals surface area contributed by atoms with Crippen molar-refractivity contribution in [2.45, 2.75) is 55.6 Å². The van der Waals surface area contributed by atoms with Gasteiger partial charge in [0.25, 0.3) is 5.91 Å². The molecule has 1 aromatic heterocycles. The summed E-state index contributed by atoms with van der Waals surface area (Å²) in [6.45, 7) is 0.363. The zero-order valence-corrected chi connectivity index (χ0v) is 19.5. The van der Waals surface area contributed by atoms with Gasteiger partial charge in [0.2, 0.25) is 5.91 Å². The maximum atomic E-state index is 12.9. The average Bonchev–Trinajstić information content (AvgIpc) is 3.22. The molecule has 0 radical (unpaired) electrons. The van der Waals surface area contributed by atoms with E-state index in [1.807, 2.05) is 6.07 Å². The number of likely N-dealkylation sites (tertiary alicyclic amines) is 1. The quantitative estimate of drug-likeness (QED) is 0.475. The lowest BCUT2D eigenvalue weighted by atomic mass is 9.78. The number of hydrogen-bond donors (Lipinski definition) is 4. The number of nitrogens with one attached hydrogen (secondary N) is 2. The molecular weight excluding hydrogens is 477 g/mol. The molecule has 1 unspecified atom stereocenters. The lowest BCUT2D eigenvalue weighted by molar-refractivity contribution is -0.137. The van der Waals surface area contributed by atoms with Crippen LogP contribution >= 0.6 is 0 Å². The SMILES string of the molecule is O=C(CNC(=O)c1cccc(C(F)(F)F)c1)NC1CN(C2CCC(O)(c3cccnc3)CC2)C[C@@H]1O. The number of alkyl halides is 3. The molecule has 36 heavy (non-hydrogen) atoms. The number of aliphatic hydroxyl groups excluding tert-OH is 1. The van der Waals surface area contributed by atoms with E-state index in [1.165, 1.54) is 6.07 Å². The second-order valence-corrected chi connectivity index (χ2v) is 9.46. The van der Waals surface area contributed by atoms with Gasteiger partial charge in [-0.15, -0.1) is 0 Å². The predicted octanol–water partition coefficient (Wildman–Crippen LogP) is 1.82. The number of pyridine rings is 1. The van der Waals surface area contributed by atoms with Gasteiger partial charge in [0.05, 0.1) is 29.9 Å². The van der Waals surface area contributed by atoms with Gasteiger partial charge in [0.1, 0.15) is 0 Å². The van der Waals surface area contributed by atoms with Gasteiger partial charge in [0.15, 0.2) is 0 Å². The van der Waals surface area contributed by atoms with Crippen molar-refractivity contribution >= 4 is 11.8 Å². The Morgan fingerprint density at radius 3 is 2.56 bits per heavy atom. The first kappa shape index (κ1) is 26.1. The number of aromatic nitrogens is 1. The second-order valence-electron chi connectivity index (χ2n) is 9.46. The highest BCUT2D eigenvalue weighted by molar-refractivity contribution is 5.96. The first-order valence-corrected chi connectivity index (χ1v) is 11.8. The van der Waals surface area contributed by atoms with Crippen LogP contribution < -0.4 is 10.6 Å². The number of halogens is 3. The van der Waals surface area contributed by atoms with Gasteiger partial charge in [-0.3, -0.25) is 19.5 Å². The van der Waals surface area contributed by atoms with Crippen LogP contribution in [0.2, 0.25) is 0 Å². The van der Waals surface area contributed by atoms with Gasteiger partial charge in [0, 0.05) is 42.7 Å². The summed E-state index contributed by atoms with van der Waals surface area (Å²) >= 11 is 0. The maximum Gasteiger partial charge on any atom is 0.416 e. The third-order valence-corrected chi connectivity index (χ3v) is 7.02. The van der Waals surface area contributed by atoms with E-state index in [4.69, 9.17) is 0 Å². The van der Waals surface area contributed by atoms with E-state index in [2.05, 4.69) is 20.5 Å². The minimum Gasteiger partial charge on any atom is -0.390 e. The molecule has 0 bridgehead atoms. The van der Waals surface area contributed by atoms with Crippen LogP contribution in [0.4, 0.5) is 13.2 Å². The van der Waals surface area contributed by atoms with Gasteiger partial charge in [-0.1, -0.05) is 12.1 Å². The number of β-amino-alcohol motifs (C(OH)–C–C–N with tert-alkyl or cyclic N) is 1. The molecule has 2 aliphatic rings. The molecule has 2 heterocycles. The van der Waals surface area contributed by atoms with Crippen molar-refractivity contribution in [3.8, 4) is 0 Å². The fraction of sp³-hybridized carbons (Fsp3) is 0.480. The molecule has 2 amide bonds. The summed E-state index contributed by atoms with van der Waals surface area (Å²) < 4.78 is 38.6. The molecule has 4 rings (SSSR count). The topological polar surface area (TPSA) is 115 Å². The molecule has 1 aliphatic carbocycles. The second kappa shape index (κ2) is 10.5. The van der Waals surface area contributed by atoms with Crippen molar-refractivity contribution in [2.75, 3.05) is 19.6 Å². The number of hydrogen-bond acceptors (Lipinski definition) is 6. The van der Waals surface area contributed by atoms with Gasteiger partial charge >= 0.3 is 6.18 Å². The monoisotopic (exact) mass is 506 g/mol. The normalized spacial score (nSPS) is 27.0. The van der Waals surface area contributed by atoms with E-state index >= 15 is 0 Å². The van der Waals surface area contributed by atoms with Crippen LogP contribution in [0.15, 0.2) is 48.8 Å². The molecule has 1 aromatic carbocycles. The Kier molecular flexibility index (Phi) is 7.62. The predicted molar refractivity (Wildman–Crippen MR) is 124 cm³/mol. The molecule has 2 fully saturated rings. The standard InChI is InChI=1S/C25H29F3N4O4/c26-25(27,28)17-4-1-3-16(11-17)23(35)30-13-22(34)31-20-14-32(15-21(20)33)19-6-8-24(36,9-7-19)18-5-2-10-29-12-18/h1-5,10-12,19-21,33,36H,6-9,13-15H2,(H,30,35)(H,31,34)/t19?,20?,21-,24?/m0/s1. The fourth-order valence-corrected chi connectivity index (χ4v) is 4.99. The van der Waals surface area contributed by atoms with E-state index < -0.39 is 47.8 Å². The van der Waals surface area contributed by atoms with Crippen LogP contribution in [0.3, 0.4) is 0 Å². The first-order chi connectivity index (χ1) is 17.0. The fourth-order valence-electron chi connectivity index (χ4n) is 4.99. The largest absolute Gasteiger partial charge is 0.416 e. The molecule has 2 aromatic rings. The van der Waals surface area contributed by atoms with Gasteiger partial charge in [-0.2, -0.15) is 13.2 Å². The first-order valence-electron chi connectivity index (χ1n) is 11.8. The maximum absolute atomic E-state index is 12.9. The molecule has 4 N–H and O–H groups in total. The number of rotatable bonds is 6. The van der Waals surface area contributed by atoms with Crippen molar-refractivity contribution in [3.05, 3.63) is 65.5 Å². The molecule has 11 heteroatoms. The molecule has 1 saturated heterocycles. The third-order valence-electron chi connectivity index (χ3n) is 7.02.